The number of hydrogen-bond donors (Lipinski definition) is 2. The van der Waals surface area contributed by atoms with Crippen LogP contribution in [-0.4, -0.2) is 35.3 Å². The molecule has 0 unspecified atom stereocenters. The molecule has 3 heterocycles. The maximum atomic E-state index is 12.0. The largest absolute Gasteiger partial charge is 0.435 e. The van der Waals surface area contributed by atoms with E-state index in [1.807, 2.05) is 18.2 Å². The van der Waals surface area contributed by atoms with E-state index in [2.05, 4.69) is 20.6 Å². The number of urea groups is 1. The second-order valence-corrected chi connectivity index (χ2v) is 5.89. The van der Waals surface area contributed by atoms with Crippen molar-refractivity contribution in [2.75, 3.05) is 18.5 Å². The van der Waals surface area contributed by atoms with Crippen LogP contribution < -0.4 is 10.6 Å². The van der Waals surface area contributed by atoms with E-state index in [9.17, 15) is 4.79 Å². The molecule has 1 aromatic carbocycles. The number of benzene rings is 1. The normalized spacial score (nSPS) is 16.9. The fourth-order valence-electron chi connectivity index (χ4n) is 2.79. The lowest BCUT2D eigenvalue weighted by atomic mass is 10.2. The van der Waals surface area contributed by atoms with Gasteiger partial charge in [0.25, 0.3) is 0 Å². The molecule has 1 aliphatic heterocycles. The van der Waals surface area contributed by atoms with Crippen molar-refractivity contribution in [3.8, 4) is 11.6 Å². The van der Waals surface area contributed by atoms with Gasteiger partial charge in [-0.3, -0.25) is 4.98 Å². The summed E-state index contributed by atoms with van der Waals surface area (Å²) in [6.07, 6.45) is 3.84. The Morgan fingerprint density at radius 2 is 2.24 bits per heavy atom. The summed E-state index contributed by atoms with van der Waals surface area (Å²) in [5.74, 6) is 0.454. The van der Waals surface area contributed by atoms with Crippen LogP contribution in [0.1, 0.15) is 12.8 Å². The van der Waals surface area contributed by atoms with Crippen LogP contribution in [0.2, 0.25) is 0 Å². The zero-order chi connectivity index (χ0) is 17.1. The molecule has 25 heavy (non-hydrogen) atoms. The van der Waals surface area contributed by atoms with Gasteiger partial charge in [-0.25, -0.2) is 9.78 Å². The highest BCUT2D eigenvalue weighted by molar-refractivity contribution is 5.91. The Kier molecular flexibility index (Phi) is 4.30. The Hall–Kier alpha value is -2.93. The summed E-state index contributed by atoms with van der Waals surface area (Å²) in [6.45, 7) is 1.29. The van der Waals surface area contributed by atoms with Crippen molar-refractivity contribution in [1.82, 2.24) is 15.3 Å². The van der Waals surface area contributed by atoms with E-state index in [4.69, 9.17) is 9.15 Å². The topological polar surface area (TPSA) is 89.3 Å². The van der Waals surface area contributed by atoms with Gasteiger partial charge in [0.05, 0.1) is 6.10 Å². The van der Waals surface area contributed by atoms with Gasteiger partial charge in [0.15, 0.2) is 5.58 Å². The fourth-order valence-corrected chi connectivity index (χ4v) is 2.79. The number of ether oxygens (including phenoxy) is 1. The van der Waals surface area contributed by atoms with Crippen molar-refractivity contribution in [3.63, 3.8) is 0 Å². The number of nitrogens with one attached hydrogen (secondary N) is 2. The van der Waals surface area contributed by atoms with Crippen LogP contribution in [0.3, 0.4) is 0 Å². The molecule has 1 atom stereocenters. The SMILES string of the molecule is O=C(NC[C@@H]1CCCO1)Nc1ccc2nc(-c3ccccn3)oc2c1. The molecule has 1 saturated heterocycles. The summed E-state index contributed by atoms with van der Waals surface area (Å²) in [4.78, 5) is 20.6. The van der Waals surface area contributed by atoms with E-state index in [0.717, 1.165) is 19.4 Å². The number of aromatic nitrogens is 2. The van der Waals surface area contributed by atoms with E-state index in [1.165, 1.54) is 0 Å². The van der Waals surface area contributed by atoms with Gasteiger partial charge in [0.2, 0.25) is 5.89 Å². The number of pyridine rings is 1. The monoisotopic (exact) mass is 338 g/mol. The van der Waals surface area contributed by atoms with E-state index < -0.39 is 0 Å². The van der Waals surface area contributed by atoms with Crippen LogP contribution >= 0.6 is 0 Å². The molecule has 1 fully saturated rings. The number of anilines is 1. The second kappa shape index (κ2) is 6.90. The number of rotatable bonds is 4. The minimum atomic E-state index is -0.265. The molecule has 4 rings (SSSR count). The van der Waals surface area contributed by atoms with Crippen molar-refractivity contribution in [1.29, 1.82) is 0 Å². The molecule has 2 amide bonds. The predicted molar refractivity (Wildman–Crippen MR) is 93.2 cm³/mol. The molecule has 3 aromatic rings. The molecule has 2 N–H and O–H groups in total. The summed E-state index contributed by atoms with van der Waals surface area (Å²) in [6, 6.07) is 10.6. The number of carbonyl (C=O) groups is 1. The van der Waals surface area contributed by atoms with Crippen LogP contribution in [0, 0.1) is 0 Å². The highest BCUT2D eigenvalue weighted by atomic mass is 16.5. The van der Waals surface area contributed by atoms with Crippen LogP contribution in [0.25, 0.3) is 22.7 Å². The molecule has 0 saturated carbocycles. The molecule has 0 bridgehead atoms. The average molecular weight is 338 g/mol. The number of nitrogens with zero attached hydrogens (tertiary/aromatic N) is 2. The number of amides is 2. The van der Waals surface area contributed by atoms with Crippen LogP contribution in [-0.2, 0) is 4.74 Å². The van der Waals surface area contributed by atoms with Gasteiger partial charge in [-0.2, -0.15) is 0 Å². The average Bonchev–Trinajstić information content (AvgIpc) is 3.30. The Balaban J connectivity index is 1.44. The number of oxazole rings is 1. The summed E-state index contributed by atoms with van der Waals surface area (Å²) in [7, 11) is 0. The first-order valence-corrected chi connectivity index (χ1v) is 8.26. The molecular weight excluding hydrogens is 320 g/mol. The third-order valence-corrected chi connectivity index (χ3v) is 4.04. The lowest BCUT2D eigenvalue weighted by Gasteiger charge is -2.11. The smallest absolute Gasteiger partial charge is 0.319 e. The number of fused-ring (bicyclic) bond motifs is 1. The van der Waals surface area contributed by atoms with E-state index >= 15 is 0 Å². The van der Waals surface area contributed by atoms with Crippen molar-refractivity contribution in [2.24, 2.45) is 0 Å². The third-order valence-electron chi connectivity index (χ3n) is 4.04. The van der Waals surface area contributed by atoms with Gasteiger partial charge in [-0.1, -0.05) is 6.07 Å². The maximum Gasteiger partial charge on any atom is 0.319 e. The Bertz CT molecular complexity index is 872. The van der Waals surface area contributed by atoms with E-state index in [-0.39, 0.29) is 12.1 Å². The number of hydrogen-bond acceptors (Lipinski definition) is 5. The predicted octanol–water partition coefficient (Wildman–Crippen LogP) is 3.19. The Morgan fingerprint density at radius 3 is 3.04 bits per heavy atom. The van der Waals surface area contributed by atoms with Gasteiger partial charge in [0, 0.05) is 31.1 Å². The van der Waals surface area contributed by atoms with Crippen LogP contribution in [0.15, 0.2) is 47.0 Å². The second-order valence-electron chi connectivity index (χ2n) is 5.89. The van der Waals surface area contributed by atoms with Crippen molar-refractivity contribution in [3.05, 3.63) is 42.6 Å². The van der Waals surface area contributed by atoms with E-state index in [1.54, 1.807) is 24.4 Å². The van der Waals surface area contributed by atoms with Gasteiger partial charge < -0.3 is 19.8 Å². The lowest BCUT2D eigenvalue weighted by Crippen LogP contribution is -2.34. The standard InChI is InChI=1S/C18H18N4O3/c23-18(20-11-13-4-3-9-24-13)21-12-6-7-14-16(10-12)25-17(22-14)15-5-1-2-8-19-15/h1-2,5-8,10,13H,3-4,9,11H2,(H2,20,21,23)/t13-/m0/s1. The van der Waals surface area contributed by atoms with Gasteiger partial charge in [0.1, 0.15) is 11.2 Å². The van der Waals surface area contributed by atoms with Gasteiger partial charge in [-0.15, -0.1) is 0 Å². The highest BCUT2D eigenvalue weighted by Crippen LogP contribution is 2.25. The molecular formula is C18H18N4O3. The molecule has 0 aliphatic carbocycles. The highest BCUT2D eigenvalue weighted by Gasteiger charge is 2.16. The molecule has 0 radical (unpaired) electrons. The minimum absolute atomic E-state index is 0.114. The first kappa shape index (κ1) is 15.6. The van der Waals surface area contributed by atoms with Crippen molar-refractivity contribution in [2.45, 2.75) is 18.9 Å². The molecule has 7 nitrogen and oxygen atoms in total. The van der Waals surface area contributed by atoms with E-state index in [0.29, 0.717) is 34.9 Å². The molecule has 2 aromatic heterocycles. The molecule has 0 spiro atoms. The molecule has 128 valence electrons. The first-order chi connectivity index (χ1) is 12.3. The number of carbonyl (C=O) groups excluding carboxylic acids is 1. The van der Waals surface area contributed by atoms with Gasteiger partial charge in [-0.05, 0) is 37.1 Å². The summed E-state index contributed by atoms with van der Waals surface area (Å²) in [5, 5.41) is 5.62. The maximum absolute atomic E-state index is 12.0. The Labute approximate surface area is 144 Å². The summed E-state index contributed by atoms with van der Waals surface area (Å²) >= 11 is 0. The minimum Gasteiger partial charge on any atom is -0.435 e. The molecule has 1 aliphatic rings. The molecule has 7 heteroatoms. The lowest BCUT2D eigenvalue weighted by molar-refractivity contribution is 0.112. The summed E-state index contributed by atoms with van der Waals surface area (Å²) in [5.41, 5.74) is 2.62. The van der Waals surface area contributed by atoms with Gasteiger partial charge >= 0.3 is 6.03 Å². The Morgan fingerprint density at radius 1 is 1.28 bits per heavy atom. The zero-order valence-electron chi connectivity index (χ0n) is 13.6. The quantitative estimate of drug-likeness (QED) is 0.762. The fraction of sp³-hybridized carbons (Fsp3) is 0.278. The van der Waals surface area contributed by atoms with Crippen LogP contribution in [0.4, 0.5) is 10.5 Å². The third kappa shape index (κ3) is 3.61. The first-order valence-electron chi connectivity index (χ1n) is 8.26. The zero-order valence-corrected chi connectivity index (χ0v) is 13.6. The van der Waals surface area contributed by atoms with Crippen molar-refractivity contribution < 1.29 is 13.9 Å². The summed E-state index contributed by atoms with van der Waals surface area (Å²) < 4.78 is 11.2. The van der Waals surface area contributed by atoms with Crippen LogP contribution in [0.5, 0.6) is 0 Å². The van der Waals surface area contributed by atoms with Crippen molar-refractivity contribution >= 4 is 22.8 Å².